The van der Waals surface area contributed by atoms with E-state index in [2.05, 4.69) is 10.3 Å². The first-order valence-corrected chi connectivity index (χ1v) is 10.6. The highest BCUT2D eigenvalue weighted by Gasteiger charge is 2.20. The molecule has 0 saturated heterocycles. The Hall–Kier alpha value is -3.59. The van der Waals surface area contributed by atoms with Gasteiger partial charge in [0.25, 0.3) is 5.56 Å². The Balaban J connectivity index is 1.82. The highest BCUT2D eigenvalue weighted by Crippen LogP contribution is 2.29. The number of fused-ring (bicyclic) bond motifs is 3. The fourth-order valence-corrected chi connectivity index (χ4v) is 4.61. The summed E-state index contributed by atoms with van der Waals surface area (Å²) in [5, 5.41) is 3.39. The normalized spacial score (nSPS) is 11.2. The fraction of sp³-hybridized carbons (Fsp3) is 0.227. The summed E-state index contributed by atoms with van der Waals surface area (Å²) in [6, 6.07) is 10.1. The molecule has 0 atom stereocenters. The van der Waals surface area contributed by atoms with E-state index < -0.39 is 11.6 Å². The largest absolute Gasteiger partial charge is 0.332 e. The lowest BCUT2D eigenvalue weighted by atomic mass is 10.1. The first-order chi connectivity index (χ1) is 14.9. The third-order valence-corrected chi connectivity index (χ3v) is 6.00. The average Bonchev–Trinajstić information content (AvgIpc) is 3.14. The van der Waals surface area contributed by atoms with Crippen LogP contribution in [0, 0.1) is 0 Å². The summed E-state index contributed by atoms with van der Waals surface area (Å²) in [5.41, 5.74) is 0.457. The minimum atomic E-state index is -0.532. The van der Waals surface area contributed by atoms with Crippen LogP contribution in [0.4, 0.5) is 5.69 Å². The van der Waals surface area contributed by atoms with E-state index in [1.165, 1.54) is 27.4 Å². The maximum atomic E-state index is 13.2. The Morgan fingerprint density at radius 1 is 1.13 bits per heavy atom. The molecule has 3 heterocycles. The molecule has 1 amide bonds. The molecule has 9 heteroatoms. The van der Waals surface area contributed by atoms with Crippen molar-refractivity contribution in [1.82, 2.24) is 14.1 Å². The number of hydrogen-bond donors (Lipinski definition) is 1. The van der Waals surface area contributed by atoms with E-state index in [-0.39, 0.29) is 24.4 Å². The van der Waals surface area contributed by atoms with Crippen LogP contribution in [0.1, 0.15) is 30.6 Å². The standard InChI is InChI=1S/C22H20N4O4S/c1-3-10-25-21(29)19-18(16-8-5-9-23-20(16)31-19)26(22(25)30)12-17(28)24-15-7-4-6-14(11-15)13(2)27/h4-9,11H,3,10,12H2,1-2H3,(H,24,28). The molecule has 0 unspecified atom stereocenters. The van der Waals surface area contributed by atoms with Crippen molar-refractivity contribution in [3.05, 3.63) is 69.0 Å². The van der Waals surface area contributed by atoms with Gasteiger partial charge in [0.2, 0.25) is 5.91 Å². The molecule has 4 aromatic rings. The Morgan fingerprint density at radius 3 is 2.68 bits per heavy atom. The van der Waals surface area contributed by atoms with Gasteiger partial charge in [-0.15, -0.1) is 11.3 Å². The molecule has 0 aliphatic rings. The number of ketones is 1. The number of rotatable bonds is 6. The number of carbonyl (C=O) groups excluding carboxylic acids is 2. The Morgan fingerprint density at radius 2 is 1.94 bits per heavy atom. The second kappa shape index (κ2) is 8.27. The predicted octanol–water partition coefficient (Wildman–Crippen LogP) is 3.02. The topological polar surface area (TPSA) is 103 Å². The SMILES string of the molecule is CCCn1c(=O)c2sc3ncccc3c2n(CC(=O)Nc2cccc(C(C)=O)c2)c1=O. The second-order valence-electron chi connectivity index (χ2n) is 7.15. The molecule has 1 N–H and O–H groups in total. The molecule has 1 aromatic carbocycles. The van der Waals surface area contributed by atoms with Crippen molar-refractivity contribution in [2.24, 2.45) is 0 Å². The van der Waals surface area contributed by atoms with Crippen LogP contribution in [-0.4, -0.2) is 25.8 Å². The molecule has 0 saturated carbocycles. The molecule has 31 heavy (non-hydrogen) atoms. The van der Waals surface area contributed by atoms with Crippen LogP contribution in [0.15, 0.2) is 52.2 Å². The fourth-order valence-electron chi connectivity index (χ4n) is 3.51. The van der Waals surface area contributed by atoms with Gasteiger partial charge in [0.15, 0.2) is 5.78 Å². The zero-order chi connectivity index (χ0) is 22.1. The zero-order valence-electron chi connectivity index (χ0n) is 17.0. The number of benzene rings is 1. The smallest absolute Gasteiger partial charge is 0.325 e. The lowest BCUT2D eigenvalue weighted by Gasteiger charge is -2.12. The van der Waals surface area contributed by atoms with Gasteiger partial charge < -0.3 is 5.32 Å². The number of nitrogens with one attached hydrogen (secondary N) is 1. The van der Waals surface area contributed by atoms with Gasteiger partial charge in [-0.1, -0.05) is 19.1 Å². The van der Waals surface area contributed by atoms with Crippen LogP contribution in [0.3, 0.4) is 0 Å². The first kappa shape index (κ1) is 20.7. The van der Waals surface area contributed by atoms with Crippen LogP contribution < -0.4 is 16.6 Å². The van der Waals surface area contributed by atoms with E-state index in [1.807, 2.05) is 6.92 Å². The molecule has 4 rings (SSSR count). The van der Waals surface area contributed by atoms with Crippen molar-refractivity contribution in [2.45, 2.75) is 33.4 Å². The molecule has 0 spiro atoms. The maximum Gasteiger partial charge on any atom is 0.332 e. The van der Waals surface area contributed by atoms with Gasteiger partial charge >= 0.3 is 5.69 Å². The van der Waals surface area contributed by atoms with Crippen molar-refractivity contribution in [1.29, 1.82) is 0 Å². The van der Waals surface area contributed by atoms with Crippen LogP contribution in [0.5, 0.6) is 0 Å². The third kappa shape index (κ3) is 3.79. The molecule has 3 aromatic heterocycles. The highest BCUT2D eigenvalue weighted by atomic mass is 32.1. The minimum Gasteiger partial charge on any atom is -0.325 e. The van der Waals surface area contributed by atoms with Gasteiger partial charge in [-0.05, 0) is 37.6 Å². The highest BCUT2D eigenvalue weighted by molar-refractivity contribution is 7.25. The summed E-state index contributed by atoms with van der Waals surface area (Å²) in [6.07, 6.45) is 2.23. The van der Waals surface area contributed by atoms with Gasteiger partial charge in [-0.3, -0.25) is 23.5 Å². The molecular weight excluding hydrogens is 416 g/mol. The lowest BCUT2D eigenvalue weighted by molar-refractivity contribution is -0.116. The van der Waals surface area contributed by atoms with E-state index in [0.29, 0.717) is 38.1 Å². The number of hydrogen-bond acceptors (Lipinski definition) is 6. The van der Waals surface area contributed by atoms with Crippen molar-refractivity contribution in [2.75, 3.05) is 5.32 Å². The number of carbonyl (C=O) groups is 2. The minimum absolute atomic E-state index is 0.113. The number of Topliss-reactive ketones (excluding diaryl/α,β-unsaturated/α-hetero) is 1. The summed E-state index contributed by atoms with van der Waals surface area (Å²) in [5.74, 6) is -0.549. The molecule has 0 radical (unpaired) electrons. The van der Waals surface area contributed by atoms with Crippen molar-refractivity contribution in [3.63, 3.8) is 0 Å². The number of pyridine rings is 1. The summed E-state index contributed by atoms with van der Waals surface area (Å²) >= 11 is 1.21. The number of anilines is 1. The Labute approximate surface area is 180 Å². The van der Waals surface area contributed by atoms with Crippen LogP contribution in [-0.2, 0) is 17.9 Å². The molecule has 158 valence electrons. The van der Waals surface area contributed by atoms with Crippen molar-refractivity contribution < 1.29 is 9.59 Å². The molecule has 0 fully saturated rings. The molecule has 0 bridgehead atoms. The first-order valence-electron chi connectivity index (χ1n) is 9.82. The summed E-state index contributed by atoms with van der Waals surface area (Å²) in [7, 11) is 0. The van der Waals surface area contributed by atoms with Gasteiger partial charge in [-0.2, -0.15) is 0 Å². The number of nitrogens with zero attached hydrogens (tertiary/aromatic N) is 3. The number of aromatic nitrogens is 3. The van der Waals surface area contributed by atoms with E-state index >= 15 is 0 Å². The second-order valence-corrected chi connectivity index (χ2v) is 8.15. The predicted molar refractivity (Wildman–Crippen MR) is 121 cm³/mol. The zero-order valence-corrected chi connectivity index (χ0v) is 17.9. The van der Waals surface area contributed by atoms with Crippen LogP contribution >= 0.6 is 11.3 Å². The number of thiophene rings is 1. The summed E-state index contributed by atoms with van der Waals surface area (Å²) in [4.78, 5) is 55.4. The third-order valence-electron chi connectivity index (χ3n) is 4.91. The van der Waals surface area contributed by atoms with Gasteiger partial charge in [0.05, 0.1) is 5.52 Å². The van der Waals surface area contributed by atoms with Gasteiger partial charge in [0, 0.05) is 29.4 Å². The van der Waals surface area contributed by atoms with Gasteiger partial charge in [-0.25, -0.2) is 9.78 Å². The summed E-state index contributed by atoms with van der Waals surface area (Å²) < 4.78 is 2.89. The van der Waals surface area contributed by atoms with E-state index in [9.17, 15) is 19.2 Å². The van der Waals surface area contributed by atoms with Crippen molar-refractivity contribution in [3.8, 4) is 0 Å². The van der Waals surface area contributed by atoms with Gasteiger partial charge in [0.1, 0.15) is 16.1 Å². The molecule has 8 nitrogen and oxygen atoms in total. The Bertz CT molecular complexity index is 1450. The molecule has 0 aliphatic carbocycles. The van der Waals surface area contributed by atoms with Crippen molar-refractivity contribution >= 4 is 49.1 Å². The summed E-state index contributed by atoms with van der Waals surface area (Å²) in [6.45, 7) is 3.31. The molecular formula is C22H20N4O4S. The van der Waals surface area contributed by atoms with Crippen LogP contribution in [0.25, 0.3) is 20.4 Å². The van der Waals surface area contributed by atoms with Crippen LogP contribution in [0.2, 0.25) is 0 Å². The van der Waals surface area contributed by atoms with E-state index in [0.717, 1.165) is 0 Å². The Kier molecular flexibility index (Phi) is 5.51. The molecule has 0 aliphatic heterocycles. The lowest BCUT2D eigenvalue weighted by Crippen LogP contribution is -2.41. The average molecular weight is 436 g/mol. The maximum absolute atomic E-state index is 13.2. The number of amides is 1. The quantitative estimate of drug-likeness (QED) is 0.468. The van der Waals surface area contributed by atoms with E-state index in [1.54, 1.807) is 42.6 Å². The van der Waals surface area contributed by atoms with E-state index in [4.69, 9.17) is 0 Å². The monoisotopic (exact) mass is 436 g/mol.